The van der Waals surface area contributed by atoms with E-state index in [4.69, 9.17) is 15.2 Å². The van der Waals surface area contributed by atoms with Crippen LogP contribution in [0.25, 0.3) is 0 Å². The maximum absolute atomic E-state index is 11.1. The highest BCUT2D eigenvalue weighted by molar-refractivity contribution is 6.58. The molecule has 1 aliphatic rings. The van der Waals surface area contributed by atoms with Gasteiger partial charge in [0.15, 0.2) is 0 Å². The average molecular weight is 323 g/mol. The van der Waals surface area contributed by atoms with Crippen LogP contribution in [-0.4, -0.2) is 34.5 Å². The molecular weight excluding hydrogens is 305 g/mol. The van der Waals surface area contributed by atoms with Crippen molar-refractivity contribution in [2.45, 2.75) is 19.3 Å². The molecule has 0 spiro atoms. The lowest BCUT2D eigenvalue weighted by Crippen LogP contribution is -2.29. The molecule has 0 aliphatic carbocycles. The molecule has 0 aromatic heterocycles. The highest BCUT2D eigenvalue weighted by Crippen LogP contribution is 2.27. The van der Waals surface area contributed by atoms with Crippen LogP contribution in [0.5, 0.6) is 0 Å². The molecule has 0 fully saturated rings. The highest BCUT2D eigenvalue weighted by Gasteiger charge is 2.16. The van der Waals surface area contributed by atoms with Crippen LogP contribution >= 0.6 is 0 Å². The van der Waals surface area contributed by atoms with E-state index in [1.807, 2.05) is 18.3 Å². The third-order valence-corrected chi connectivity index (χ3v) is 4.31. The van der Waals surface area contributed by atoms with E-state index >= 15 is 0 Å². The Labute approximate surface area is 140 Å². The number of nitrogens with zero attached hydrogens (tertiary/aromatic N) is 1. The maximum atomic E-state index is 11.1. The number of fused-ring (bicyclic) bond motifs is 1. The number of aliphatic imine (C=N–C) groups is 1. The van der Waals surface area contributed by atoms with Crippen molar-refractivity contribution < 1.29 is 19.9 Å². The smallest absolute Gasteiger partial charge is 0.478 e. The Kier molecular flexibility index (Phi) is 4.78. The van der Waals surface area contributed by atoms with Gasteiger partial charge < -0.3 is 15.2 Å². The molecule has 2 aromatic carbocycles. The second kappa shape index (κ2) is 6.99. The van der Waals surface area contributed by atoms with Gasteiger partial charge in [-0.25, -0.2) is 4.79 Å². The van der Waals surface area contributed by atoms with Crippen molar-refractivity contribution in [3.63, 3.8) is 0 Å². The maximum Gasteiger partial charge on any atom is 0.488 e. The topological polar surface area (TPSA) is 90.1 Å². The van der Waals surface area contributed by atoms with Crippen molar-refractivity contribution in [3.8, 4) is 0 Å². The standard InChI is InChI=1S/C18H18BNO4/c21-18(22)15-5-8-17-14(10-15)4-1-13(11-20-17)9-12-2-6-16(7-3-12)19(23)24/h2-3,5-8,10-11,13,23-24H,1,4,9H2,(H,21,22). The van der Waals surface area contributed by atoms with Crippen LogP contribution in [-0.2, 0) is 12.8 Å². The summed E-state index contributed by atoms with van der Waals surface area (Å²) in [6.45, 7) is 0. The molecular formula is C18H18BNO4. The van der Waals surface area contributed by atoms with Gasteiger partial charge in [0, 0.05) is 6.21 Å². The Morgan fingerprint density at radius 1 is 1.17 bits per heavy atom. The van der Waals surface area contributed by atoms with Crippen LogP contribution in [0.1, 0.15) is 27.9 Å². The van der Waals surface area contributed by atoms with E-state index in [2.05, 4.69) is 4.99 Å². The average Bonchev–Trinajstić information content (AvgIpc) is 2.77. The fourth-order valence-corrected chi connectivity index (χ4v) is 2.93. The van der Waals surface area contributed by atoms with Crippen LogP contribution in [0.3, 0.4) is 0 Å². The Hall–Kier alpha value is -2.44. The number of hydrogen-bond acceptors (Lipinski definition) is 4. The van der Waals surface area contributed by atoms with Crippen LogP contribution in [0.2, 0.25) is 0 Å². The predicted molar refractivity (Wildman–Crippen MR) is 93.3 cm³/mol. The molecule has 1 atom stereocenters. The first-order chi connectivity index (χ1) is 11.5. The molecule has 0 radical (unpaired) electrons. The molecule has 5 nitrogen and oxygen atoms in total. The van der Waals surface area contributed by atoms with Gasteiger partial charge in [-0.2, -0.15) is 0 Å². The molecule has 3 rings (SSSR count). The number of aryl methyl sites for hydroxylation is 1. The molecule has 0 amide bonds. The first-order valence-corrected chi connectivity index (χ1v) is 7.88. The van der Waals surface area contributed by atoms with Gasteiger partial charge in [0.25, 0.3) is 0 Å². The van der Waals surface area contributed by atoms with Gasteiger partial charge >= 0.3 is 13.1 Å². The molecule has 122 valence electrons. The SMILES string of the molecule is O=C(O)c1ccc2c(c1)CCC(Cc1ccc(B(O)O)cc1)C=N2. The fraction of sp³-hybridized carbons (Fsp3) is 0.222. The van der Waals surface area contributed by atoms with Crippen molar-refractivity contribution >= 4 is 30.5 Å². The Morgan fingerprint density at radius 3 is 2.58 bits per heavy atom. The largest absolute Gasteiger partial charge is 0.488 e. The molecule has 0 saturated carbocycles. The van der Waals surface area contributed by atoms with E-state index in [0.717, 1.165) is 36.1 Å². The third kappa shape index (κ3) is 3.72. The van der Waals surface area contributed by atoms with Gasteiger partial charge in [0.2, 0.25) is 0 Å². The molecule has 6 heteroatoms. The first kappa shape index (κ1) is 16.4. The zero-order chi connectivity index (χ0) is 17.1. The summed E-state index contributed by atoms with van der Waals surface area (Å²) in [7, 11) is -1.45. The van der Waals surface area contributed by atoms with Crippen LogP contribution in [0, 0.1) is 5.92 Å². The number of rotatable bonds is 4. The molecule has 2 aromatic rings. The van der Waals surface area contributed by atoms with E-state index in [1.54, 1.807) is 30.3 Å². The summed E-state index contributed by atoms with van der Waals surface area (Å²) in [5, 5.41) is 27.3. The highest BCUT2D eigenvalue weighted by atomic mass is 16.4. The summed E-state index contributed by atoms with van der Waals surface area (Å²) >= 11 is 0. The van der Waals surface area contributed by atoms with Gasteiger partial charge in [-0.15, -0.1) is 0 Å². The lowest BCUT2D eigenvalue weighted by molar-refractivity contribution is 0.0697. The summed E-state index contributed by atoms with van der Waals surface area (Å²) in [6, 6.07) is 12.2. The second-order valence-electron chi connectivity index (χ2n) is 6.04. The lowest BCUT2D eigenvalue weighted by Gasteiger charge is -2.11. The number of carboxylic acids is 1. The molecule has 0 bridgehead atoms. The normalized spacial score (nSPS) is 16.3. The van der Waals surface area contributed by atoms with E-state index in [-0.39, 0.29) is 5.92 Å². The fourth-order valence-electron chi connectivity index (χ4n) is 2.93. The lowest BCUT2D eigenvalue weighted by atomic mass is 9.79. The minimum Gasteiger partial charge on any atom is -0.478 e. The van der Waals surface area contributed by atoms with Gasteiger partial charge in [-0.3, -0.25) is 4.99 Å². The van der Waals surface area contributed by atoms with Crippen molar-refractivity contribution in [1.29, 1.82) is 0 Å². The van der Waals surface area contributed by atoms with Crippen molar-refractivity contribution in [2.75, 3.05) is 0 Å². The van der Waals surface area contributed by atoms with Crippen LogP contribution in [0.15, 0.2) is 47.5 Å². The molecule has 1 unspecified atom stereocenters. The summed E-state index contributed by atoms with van der Waals surface area (Å²) in [6.07, 6.45) is 4.42. The molecule has 1 aliphatic heterocycles. The van der Waals surface area contributed by atoms with Gasteiger partial charge in [-0.1, -0.05) is 24.3 Å². The predicted octanol–water partition coefficient (Wildman–Crippen LogP) is 1.57. The van der Waals surface area contributed by atoms with E-state index in [1.165, 1.54) is 0 Å². The van der Waals surface area contributed by atoms with Crippen molar-refractivity contribution in [3.05, 3.63) is 59.2 Å². The summed E-state index contributed by atoms with van der Waals surface area (Å²) in [5.41, 5.74) is 3.67. The van der Waals surface area contributed by atoms with Crippen LogP contribution < -0.4 is 5.46 Å². The third-order valence-electron chi connectivity index (χ3n) is 4.31. The van der Waals surface area contributed by atoms with E-state index < -0.39 is 13.1 Å². The number of carbonyl (C=O) groups is 1. The summed E-state index contributed by atoms with van der Waals surface area (Å²) in [5.74, 6) is -0.663. The zero-order valence-corrected chi connectivity index (χ0v) is 13.1. The van der Waals surface area contributed by atoms with E-state index in [9.17, 15) is 4.79 Å². The molecule has 1 heterocycles. The molecule has 24 heavy (non-hydrogen) atoms. The zero-order valence-electron chi connectivity index (χ0n) is 13.1. The number of benzene rings is 2. The quantitative estimate of drug-likeness (QED) is 0.745. The van der Waals surface area contributed by atoms with E-state index in [0.29, 0.717) is 11.0 Å². The first-order valence-electron chi connectivity index (χ1n) is 7.88. The molecule has 3 N–H and O–H groups in total. The Bertz CT molecular complexity index is 771. The number of carboxylic acid groups (broad SMARTS) is 1. The Morgan fingerprint density at radius 2 is 1.92 bits per heavy atom. The monoisotopic (exact) mass is 323 g/mol. The van der Waals surface area contributed by atoms with Gasteiger partial charge in [0.05, 0.1) is 11.3 Å². The van der Waals surface area contributed by atoms with Crippen molar-refractivity contribution in [2.24, 2.45) is 10.9 Å². The summed E-state index contributed by atoms with van der Waals surface area (Å²) in [4.78, 5) is 15.6. The Balaban J connectivity index is 1.71. The minimum atomic E-state index is -1.45. The summed E-state index contributed by atoms with van der Waals surface area (Å²) < 4.78 is 0. The van der Waals surface area contributed by atoms with Crippen molar-refractivity contribution in [1.82, 2.24) is 0 Å². The minimum absolute atomic E-state index is 0.260. The van der Waals surface area contributed by atoms with Gasteiger partial charge in [0.1, 0.15) is 0 Å². The number of hydrogen-bond donors (Lipinski definition) is 3. The number of aromatic carboxylic acids is 1. The second-order valence-corrected chi connectivity index (χ2v) is 6.04. The van der Waals surface area contributed by atoms with Gasteiger partial charge in [-0.05, 0) is 60.0 Å². The molecule has 0 saturated heterocycles. The van der Waals surface area contributed by atoms with Crippen LogP contribution in [0.4, 0.5) is 5.69 Å².